The van der Waals surface area contributed by atoms with Gasteiger partial charge in [-0.1, -0.05) is 30.3 Å². The fraction of sp³-hybridized carbons (Fsp3) is 0.267. The molecule has 0 spiro atoms. The van der Waals surface area contributed by atoms with E-state index in [9.17, 15) is 14.4 Å². The van der Waals surface area contributed by atoms with Gasteiger partial charge in [-0.25, -0.2) is 0 Å². The highest BCUT2D eigenvalue weighted by Crippen LogP contribution is 2.22. The molecule has 21 heavy (non-hydrogen) atoms. The average Bonchev–Trinajstić information content (AvgIpc) is 2.70. The lowest BCUT2D eigenvalue weighted by Crippen LogP contribution is -2.31. The van der Waals surface area contributed by atoms with Crippen molar-refractivity contribution in [2.24, 2.45) is 0 Å². The van der Waals surface area contributed by atoms with Crippen LogP contribution in [0.1, 0.15) is 33.6 Å². The Bertz CT molecular complexity index is 576. The maximum absolute atomic E-state index is 12.1. The first kappa shape index (κ1) is 15.3. The highest BCUT2D eigenvalue weighted by atomic mass is 35.5. The van der Waals surface area contributed by atoms with E-state index in [1.54, 1.807) is 24.3 Å². The van der Waals surface area contributed by atoms with Crippen molar-refractivity contribution >= 4 is 29.4 Å². The van der Waals surface area contributed by atoms with E-state index in [1.165, 1.54) is 0 Å². The molecule has 0 bridgehead atoms. The third kappa shape index (κ3) is 3.49. The van der Waals surface area contributed by atoms with Gasteiger partial charge in [-0.05, 0) is 18.6 Å². The van der Waals surface area contributed by atoms with Crippen molar-refractivity contribution < 1.29 is 19.1 Å². The summed E-state index contributed by atoms with van der Waals surface area (Å²) in [6.45, 7) is 3.55. The number of nitrogens with zero attached hydrogens (tertiary/aromatic N) is 1. The van der Waals surface area contributed by atoms with Gasteiger partial charge in [0.25, 0.3) is 11.8 Å². The van der Waals surface area contributed by atoms with Crippen LogP contribution in [0.4, 0.5) is 0 Å². The van der Waals surface area contributed by atoms with Crippen molar-refractivity contribution in [3.05, 3.63) is 47.0 Å². The standard InChI is InChI=1S/C15H14ClNO4/c1-10(16)9-21-13(18)7-4-8-17-14(19)11-5-2-3-6-12(11)15(17)20/h2-3,5-6H,1,4,7-9H2. The molecule has 1 aliphatic heterocycles. The largest absolute Gasteiger partial charge is 0.460 e. The van der Waals surface area contributed by atoms with Gasteiger partial charge in [0, 0.05) is 18.0 Å². The van der Waals surface area contributed by atoms with Crippen LogP contribution in [0.15, 0.2) is 35.9 Å². The zero-order valence-corrected chi connectivity index (χ0v) is 12.1. The van der Waals surface area contributed by atoms with Crippen molar-refractivity contribution in [1.82, 2.24) is 4.90 Å². The predicted octanol–water partition coefficient (Wildman–Crippen LogP) is 2.36. The molecule has 1 aromatic carbocycles. The number of esters is 1. The summed E-state index contributed by atoms with van der Waals surface area (Å²) in [6, 6.07) is 6.67. The van der Waals surface area contributed by atoms with Gasteiger partial charge in [-0.3, -0.25) is 19.3 Å². The van der Waals surface area contributed by atoms with E-state index in [4.69, 9.17) is 16.3 Å². The van der Waals surface area contributed by atoms with Crippen LogP contribution in [0.25, 0.3) is 0 Å². The quantitative estimate of drug-likeness (QED) is 0.598. The van der Waals surface area contributed by atoms with Gasteiger partial charge in [-0.15, -0.1) is 0 Å². The third-order valence-electron chi connectivity index (χ3n) is 3.03. The Kier molecular flexibility index (Phi) is 4.75. The van der Waals surface area contributed by atoms with Gasteiger partial charge in [0.1, 0.15) is 6.61 Å². The number of imide groups is 1. The van der Waals surface area contributed by atoms with Crippen LogP contribution in [0, 0.1) is 0 Å². The molecule has 1 heterocycles. The van der Waals surface area contributed by atoms with E-state index < -0.39 is 5.97 Å². The van der Waals surface area contributed by atoms with Crippen molar-refractivity contribution in [2.75, 3.05) is 13.2 Å². The van der Waals surface area contributed by atoms with E-state index in [-0.39, 0.29) is 36.4 Å². The number of rotatable bonds is 6. The molecular formula is C15H14ClNO4. The van der Waals surface area contributed by atoms with Crippen molar-refractivity contribution in [3.8, 4) is 0 Å². The summed E-state index contributed by atoms with van der Waals surface area (Å²) in [5.41, 5.74) is 0.812. The third-order valence-corrected chi connectivity index (χ3v) is 3.14. The van der Waals surface area contributed by atoms with Gasteiger partial charge >= 0.3 is 5.97 Å². The maximum atomic E-state index is 12.1. The Balaban J connectivity index is 1.85. The SMILES string of the molecule is C=C(Cl)COC(=O)CCCN1C(=O)c2ccccc2C1=O. The molecule has 6 heteroatoms. The number of hydrogen-bond donors (Lipinski definition) is 0. The molecule has 0 radical (unpaired) electrons. The minimum Gasteiger partial charge on any atom is -0.460 e. The molecule has 2 rings (SSSR count). The highest BCUT2D eigenvalue weighted by molar-refractivity contribution is 6.29. The van der Waals surface area contributed by atoms with Gasteiger partial charge in [0.15, 0.2) is 0 Å². The lowest BCUT2D eigenvalue weighted by atomic mass is 10.1. The second-order valence-corrected chi connectivity index (χ2v) is 5.12. The molecule has 1 aromatic rings. The lowest BCUT2D eigenvalue weighted by molar-refractivity contribution is -0.142. The molecule has 0 unspecified atom stereocenters. The second-order valence-electron chi connectivity index (χ2n) is 4.59. The minimum atomic E-state index is -0.437. The fourth-order valence-electron chi connectivity index (χ4n) is 2.05. The van der Waals surface area contributed by atoms with Crippen molar-refractivity contribution in [1.29, 1.82) is 0 Å². The minimum absolute atomic E-state index is 0.0343. The van der Waals surface area contributed by atoms with Crippen molar-refractivity contribution in [2.45, 2.75) is 12.8 Å². The van der Waals surface area contributed by atoms with Gasteiger partial charge in [0.05, 0.1) is 11.1 Å². The number of hydrogen-bond acceptors (Lipinski definition) is 4. The molecule has 0 aromatic heterocycles. The van der Waals surface area contributed by atoms with Crippen LogP contribution >= 0.6 is 11.6 Å². The monoisotopic (exact) mass is 307 g/mol. The molecule has 0 saturated carbocycles. The average molecular weight is 308 g/mol. The topological polar surface area (TPSA) is 63.7 Å². The zero-order valence-electron chi connectivity index (χ0n) is 11.3. The molecule has 2 amide bonds. The van der Waals surface area contributed by atoms with E-state index >= 15 is 0 Å². The lowest BCUT2D eigenvalue weighted by Gasteiger charge is -2.13. The molecule has 0 aliphatic carbocycles. The Morgan fingerprint density at radius 1 is 1.19 bits per heavy atom. The second kappa shape index (κ2) is 6.54. The number of carbonyl (C=O) groups excluding carboxylic acids is 3. The smallest absolute Gasteiger partial charge is 0.306 e. The molecule has 0 N–H and O–H groups in total. The number of carbonyl (C=O) groups is 3. The summed E-state index contributed by atoms with van der Waals surface area (Å²) in [7, 11) is 0. The molecule has 110 valence electrons. The summed E-state index contributed by atoms with van der Waals surface area (Å²) in [5, 5.41) is 0.240. The number of amides is 2. The molecule has 0 atom stereocenters. The van der Waals surface area contributed by atoms with Crippen LogP contribution in [0.3, 0.4) is 0 Å². The molecule has 0 saturated heterocycles. The summed E-state index contributed by atoms with van der Waals surface area (Å²) < 4.78 is 4.82. The van der Waals surface area contributed by atoms with Crippen LogP contribution in [0.5, 0.6) is 0 Å². The summed E-state index contributed by atoms with van der Waals surface area (Å²) in [6.07, 6.45) is 0.455. The Morgan fingerprint density at radius 2 is 1.76 bits per heavy atom. The number of benzene rings is 1. The van der Waals surface area contributed by atoms with Crippen molar-refractivity contribution in [3.63, 3.8) is 0 Å². The Labute approximate surface area is 127 Å². The van der Waals surface area contributed by atoms with Gasteiger partial charge < -0.3 is 4.74 Å². The van der Waals surface area contributed by atoms with Crippen LogP contribution in [0.2, 0.25) is 0 Å². The van der Waals surface area contributed by atoms with E-state index in [0.29, 0.717) is 17.5 Å². The number of fused-ring (bicyclic) bond motifs is 1. The van der Waals surface area contributed by atoms with Crippen LogP contribution < -0.4 is 0 Å². The fourth-order valence-corrected chi connectivity index (χ4v) is 2.11. The van der Waals surface area contributed by atoms with Gasteiger partial charge in [0.2, 0.25) is 0 Å². The predicted molar refractivity (Wildman–Crippen MR) is 77.0 cm³/mol. The normalized spacial score (nSPS) is 13.3. The molecule has 5 nitrogen and oxygen atoms in total. The molecule has 1 aliphatic rings. The highest BCUT2D eigenvalue weighted by Gasteiger charge is 2.34. The molecular weight excluding hydrogens is 294 g/mol. The van der Waals surface area contributed by atoms with Gasteiger partial charge in [-0.2, -0.15) is 0 Å². The number of halogens is 1. The Morgan fingerprint density at radius 3 is 2.29 bits per heavy atom. The zero-order chi connectivity index (χ0) is 15.4. The summed E-state index contributed by atoms with van der Waals surface area (Å²) in [4.78, 5) is 36.7. The van der Waals surface area contributed by atoms with E-state index in [1.807, 2.05) is 0 Å². The first-order chi connectivity index (χ1) is 10.0. The van der Waals surface area contributed by atoms with E-state index in [2.05, 4.69) is 6.58 Å². The van der Waals surface area contributed by atoms with Crippen LogP contribution in [-0.4, -0.2) is 35.8 Å². The first-order valence-electron chi connectivity index (χ1n) is 6.45. The summed E-state index contributed by atoms with van der Waals surface area (Å²) >= 11 is 5.48. The summed E-state index contributed by atoms with van der Waals surface area (Å²) in [5.74, 6) is -1.08. The van der Waals surface area contributed by atoms with E-state index in [0.717, 1.165) is 4.90 Å². The molecule has 0 fully saturated rings. The first-order valence-corrected chi connectivity index (χ1v) is 6.82. The number of ether oxygens (including phenoxy) is 1. The van der Waals surface area contributed by atoms with Crippen LogP contribution in [-0.2, 0) is 9.53 Å². The Hall–Kier alpha value is -2.14. The maximum Gasteiger partial charge on any atom is 0.306 e.